The van der Waals surface area contributed by atoms with E-state index >= 15 is 0 Å². The minimum absolute atomic E-state index is 0.119. The molecule has 0 spiro atoms. The molecule has 0 bridgehead atoms. The molecule has 1 aliphatic rings. The Bertz CT molecular complexity index is 350. The van der Waals surface area contributed by atoms with Crippen molar-refractivity contribution in [3.8, 4) is 0 Å². The van der Waals surface area contributed by atoms with E-state index in [4.69, 9.17) is 5.73 Å². The Balaban J connectivity index is 2.01. The lowest BCUT2D eigenvalue weighted by Gasteiger charge is -2.29. The second-order valence-corrected chi connectivity index (χ2v) is 6.00. The lowest BCUT2D eigenvalue weighted by Crippen LogP contribution is -2.28. The van der Waals surface area contributed by atoms with E-state index in [1.54, 1.807) is 17.8 Å². The second-order valence-electron chi connectivity index (χ2n) is 4.72. The Hall–Kier alpha value is -0.540. The van der Waals surface area contributed by atoms with Crippen LogP contribution in [0.3, 0.4) is 0 Å². The van der Waals surface area contributed by atoms with Crippen LogP contribution in [0.4, 0.5) is 4.39 Å². The maximum atomic E-state index is 13.6. The van der Waals surface area contributed by atoms with Crippen LogP contribution in [0.2, 0.25) is 0 Å². The summed E-state index contributed by atoms with van der Waals surface area (Å²) in [6, 6.07) is 7.00. The zero-order valence-corrected chi connectivity index (χ0v) is 10.9. The average Bonchev–Trinajstić information content (AvgIpc) is 2.39. The van der Waals surface area contributed by atoms with Gasteiger partial charge in [0.15, 0.2) is 0 Å². The Morgan fingerprint density at radius 1 is 1.24 bits per heavy atom. The molecule has 1 aromatic rings. The molecule has 17 heavy (non-hydrogen) atoms. The minimum atomic E-state index is -0.119. The molecular formula is C14H20FNS. The predicted molar refractivity (Wildman–Crippen MR) is 71.7 cm³/mol. The highest BCUT2D eigenvalue weighted by Gasteiger charge is 2.24. The largest absolute Gasteiger partial charge is 0.329 e. The maximum absolute atomic E-state index is 13.6. The first-order chi connectivity index (χ1) is 8.31. The van der Waals surface area contributed by atoms with Crippen molar-refractivity contribution in [2.24, 2.45) is 11.7 Å². The van der Waals surface area contributed by atoms with Gasteiger partial charge in [0.25, 0.3) is 0 Å². The SMILES string of the molecule is NCC(Sc1ccccc1F)C1CCCCC1. The molecule has 94 valence electrons. The molecular weight excluding hydrogens is 233 g/mol. The normalized spacial score (nSPS) is 19.2. The van der Waals surface area contributed by atoms with Crippen LogP contribution in [-0.2, 0) is 0 Å². The third-order valence-electron chi connectivity index (χ3n) is 3.52. The van der Waals surface area contributed by atoms with Crippen molar-refractivity contribution in [3.05, 3.63) is 30.1 Å². The number of rotatable bonds is 4. The molecule has 0 heterocycles. The van der Waals surface area contributed by atoms with E-state index in [1.807, 2.05) is 12.1 Å². The van der Waals surface area contributed by atoms with Gasteiger partial charge in [-0.1, -0.05) is 31.4 Å². The zero-order chi connectivity index (χ0) is 12.1. The van der Waals surface area contributed by atoms with Crippen LogP contribution in [-0.4, -0.2) is 11.8 Å². The fourth-order valence-electron chi connectivity index (χ4n) is 2.55. The highest BCUT2D eigenvalue weighted by atomic mass is 32.2. The van der Waals surface area contributed by atoms with Crippen molar-refractivity contribution in [2.75, 3.05) is 6.54 Å². The van der Waals surface area contributed by atoms with Crippen LogP contribution < -0.4 is 5.73 Å². The van der Waals surface area contributed by atoms with Crippen molar-refractivity contribution in [3.63, 3.8) is 0 Å². The highest BCUT2D eigenvalue weighted by Crippen LogP contribution is 2.36. The van der Waals surface area contributed by atoms with E-state index in [-0.39, 0.29) is 5.82 Å². The maximum Gasteiger partial charge on any atom is 0.136 e. The van der Waals surface area contributed by atoms with Gasteiger partial charge in [-0.15, -0.1) is 11.8 Å². The Morgan fingerprint density at radius 3 is 2.59 bits per heavy atom. The lowest BCUT2D eigenvalue weighted by atomic mass is 9.87. The fraction of sp³-hybridized carbons (Fsp3) is 0.571. The van der Waals surface area contributed by atoms with Crippen molar-refractivity contribution in [1.29, 1.82) is 0 Å². The molecule has 1 fully saturated rings. The molecule has 2 N–H and O–H groups in total. The van der Waals surface area contributed by atoms with Crippen LogP contribution >= 0.6 is 11.8 Å². The van der Waals surface area contributed by atoms with Gasteiger partial charge < -0.3 is 5.73 Å². The van der Waals surface area contributed by atoms with Gasteiger partial charge in [0.05, 0.1) is 0 Å². The summed E-state index contributed by atoms with van der Waals surface area (Å²) in [5.74, 6) is 0.546. The molecule has 2 rings (SSSR count). The summed E-state index contributed by atoms with van der Waals surface area (Å²) in [6.45, 7) is 0.643. The second kappa shape index (κ2) is 6.41. The highest BCUT2D eigenvalue weighted by molar-refractivity contribution is 8.00. The van der Waals surface area contributed by atoms with Gasteiger partial charge in [-0.25, -0.2) is 4.39 Å². The molecule has 0 radical (unpaired) electrons. The van der Waals surface area contributed by atoms with Crippen molar-refractivity contribution >= 4 is 11.8 Å². The molecule has 0 saturated heterocycles. The van der Waals surface area contributed by atoms with Gasteiger partial charge in [-0.3, -0.25) is 0 Å². The third kappa shape index (κ3) is 3.46. The van der Waals surface area contributed by atoms with Crippen molar-refractivity contribution in [1.82, 2.24) is 0 Å². The summed E-state index contributed by atoms with van der Waals surface area (Å²) in [6.07, 6.45) is 6.46. The van der Waals surface area contributed by atoms with Crippen LogP contribution in [0.15, 0.2) is 29.2 Å². The van der Waals surface area contributed by atoms with Crippen molar-refractivity contribution in [2.45, 2.75) is 42.2 Å². The zero-order valence-electron chi connectivity index (χ0n) is 10.1. The number of halogens is 1. The van der Waals surface area contributed by atoms with Crippen LogP contribution in [0.25, 0.3) is 0 Å². The predicted octanol–water partition coefficient (Wildman–Crippen LogP) is 3.83. The lowest BCUT2D eigenvalue weighted by molar-refractivity contribution is 0.350. The van der Waals surface area contributed by atoms with Gasteiger partial charge >= 0.3 is 0 Å². The summed E-state index contributed by atoms with van der Waals surface area (Å²) in [5, 5.41) is 0.368. The van der Waals surface area contributed by atoms with E-state index < -0.39 is 0 Å². The van der Waals surface area contributed by atoms with Crippen LogP contribution in [0.1, 0.15) is 32.1 Å². The molecule has 0 aromatic heterocycles. The van der Waals surface area contributed by atoms with Crippen LogP contribution in [0, 0.1) is 11.7 Å². The van der Waals surface area contributed by atoms with Gasteiger partial charge in [-0.05, 0) is 30.9 Å². The van der Waals surface area contributed by atoms with Crippen molar-refractivity contribution < 1.29 is 4.39 Å². The van der Waals surface area contributed by atoms with Gasteiger partial charge in [-0.2, -0.15) is 0 Å². The Morgan fingerprint density at radius 2 is 1.94 bits per heavy atom. The number of thioether (sulfide) groups is 1. The molecule has 1 nitrogen and oxygen atoms in total. The molecule has 0 amide bonds. The summed E-state index contributed by atoms with van der Waals surface area (Å²) in [4.78, 5) is 0.744. The van der Waals surface area contributed by atoms with Gasteiger partial charge in [0.2, 0.25) is 0 Å². The van der Waals surface area contributed by atoms with E-state index in [0.29, 0.717) is 17.7 Å². The average molecular weight is 253 g/mol. The molecule has 0 aliphatic heterocycles. The summed E-state index contributed by atoms with van der Waals surface area (Å²) in [7, 11) is 0. The summed E-state index contributed by atoms with van der Waals surface area (Å²) >= 11 is 1.62. The summed E-state index contributed by atoms with van der Waals surface area (Å²) < 4.78 is 13.6. The van der Waals surface area contributed by atoms with Gasteiger partial charge in [0, 0.05) is 16.7 Å². The van der Waals surface area contributed by atoms with E-state index in [9.17, 15) is 4.39 Å². The quantitative estimate of drug-likeness (QED) is 0.825. The molecule has 1 aromatic carbocycles. The third-order valence-corrected chi connectivity index (χ3v) is 4.99. The molecule has 1 saturated carbocycles. The van der Waals surface area contributed by atoms with Gasteiger partial charge in [0.1, 0.15) is 5.82 Å². The number of benzene rings is 1. The Kier molecular flexibility index (Phi) is 4.86. The first-order valence-corrected chi connectivity index (χ1v) is 7.30. The van der Waals surface area contributed by atoms with E-state index in [0.717, 1.165) is 4.90 Å². The van der Waals surface area contributed by atoms with Crippen LogP contribution in [0.5, 0.6) is 0 Å². The smallest absolute Gasteiger partial charge is 0.136 e. The first-order valence-electron chi connectivity index (χ1n) is 6.42. The number of hydrogen-bond donors (Lipinski definition) is 1. The standard InChI is InChI=1S/C14H20FNS/c15-12-8-4-5-9-13(12)17-14(10-16)11-6-2-1-3-7-11/h4-5,8-9,11,14H,1-3,6-7,10,16H2. The number of hydrogen-bond acceptors (Lipinski definition) is 2. The molecule has 3 heteroatoms. The molecule has 1 unspecified atom stereocenters. The summed E-state index contributed by atoms with van der Waals surface area (Å²) in [5.41, 5.74) is 5.86. The topological polar surface area (TPSA) is 26.0 Å². The molecule has 1 atom stereocenters. The van der Waals surface area contributed by atoms with E-state index in [1.165, 1.54) is 38.2 Å². The number of nitrogens with two attached hydrogens (primary N) is 1. The Labute approximate surface area is 107 Å². The monoisotopic (exact) mass is 253 g/mol. The fourth-order valence-corrected chi connectivity index (χ4v) is 3.77. The first kappa shape index (κ1) is 12.9. The molecule has 1 aliphatic carbocycles. The minimum Gasteiger partial charge on any atom is -0.329 e. The van der Waals surface area contributed by atoms with E-state index in [2.05, 4.69) is 0 Å².